The zero-order valence-electron chi connectivity index (χ0n) is 18.0. The summed E-state index contributed by atoms with van der Waals surface area (Å²) in [6.45, 7) is 2.42. The average molecular weight is 567 g/mol. The van der Waals surface area contributed by atoms with Crippen molar-refractivity contribution in [2.75, 3.05) is 20.2 Å². The molecule has 1 aromatic heterocycles. The van der Waals surface area contributed by atoms with Crippen molar-refractivity contribution in [3.8, 4) is 0 Å². The molecule has 0 aliphatic carbocycles. The van der Waals surface area contributed by atoms with Crippen molar-refractivity contribution < 1.29 is 39.6 Å². The van der Waals surface area contributed by atoms with E-state index in [2.05, 4.69) is 15.3 Å². The number of hydrogen-bond acceptors (Lipinski definition) is 5. The fraction of sp³-hybridized carbons (Fsp3) is 0.261. The van der Waals surface area contributed by atoms with Crippen LogP contribution in [-0.4, -0.2) is 41.1 Å². The molecule has 2 N–H and O–H groups in total. The van der Waals surface area contributed by atoms with Gasteiger partial charge in [-0.05, 0) is 6.42 Å². The SMILES string of the molecule is CCc1nc2cc(F)c(CN3CC=C(C4=C[I-]C=C(C(=O)NC)C=C4F)CO3)cc2[nH]c1=O. The van der Waals surface area contributed by atoms with Crippen molar-refractivity contribution in [3.63, 3.8) is 0 Å². The number of likely N-dealkylation sites (N-methyl/N-ethyl adjacent to an activating group) is 1. The molecular formula is C23H22F2IN4O3-. The number of halogens is 3. The third-order valence-corrected chi connectivity index (χ3v) is 7.30. The summed E-state index contributed by atoms with van der Waals surface area (Å²) in [7, 11) is 1.51. The minimum Gasteiger partial charge on any atom is -0.268 e. The van der Waals surface area contributed by atoms with Gasteiger partial charge in [0, 0.05) is 0 Å². The molecule has 10 heteroatoms. The van der Waals surface area contributed by atoms with Crippen LogP contribution in [0, 0.1) is 5.82 Å². The molecule has 0 spiro atoms. The van der Waals surface area contributed by atoms with E-state index in [-0.39, 0.29) is 24.6 Å². The number of amides is 1. The maximum atomic E-state index is 14.8. The van der Waals surface area contributed by atoms with Crippen LogP contribution in [0.2, 0.25) is 0 Å². The van der Waals surface area contributed by atoms with Gasteiger partial charge in [0.15, 0.2) is 0 Å². The number of carbonyl (C=O) groups is 1. The monoisotopic (exact) mass is 567 g/mol. The van der Waals surface area contributed by atoms with E-state index in [1.165, 1.54) is 19.2 Å². The molecular weight excluding hydrogens is 545 g/mol. The topological polar surface area (TPSA) is 87.3 Å². The molecule has 4 rings (SSSR count). The molecule has 33 heavy (non-hydrogen) atoms. The number of carbonyl (C=O) groups excluding carboxylic acids is 1. The summed E-state index contributed by atoms with van der Waals surface area (Å²) in [6.07, 6.45) is 3.55. The number of nitrogens with one attached hydrogen (secondary N) is 2. The molecule has 0 saturated carbocycles. The summed E-state index contributed by atoms with van der Waals surface area (Å²) in [5, 5.41) is 4.08. The molecule has 2 aliphatic heterocycles. The van der Waals surface area contributed by atoms with Crippen molar-refractivity contribution >= 4 is 16.9 Å². The molecule has 1 amide bonds. The van der Waals surface area contributed by atoms with Gasteiger partial charge in [0.1, 0.15) is 5.69 Å². The summed E-state index contributed by atoms with van der Waals surface area (Å²) in [5.41, 5.74) is 2.72. The third-order valence-electron chi connectivity index (χ3n) is 5.28. The van der Waals surface area contributed by atoms with E-state index in [0.29, 0.717) is 52.0 Å². The van der Waals surface area contributed by atoms with Crippen LogP contribution < -0.4 is 32.1 Å². The Balaban J connectivity index is 1.49. The van der Waals surface area contributed by atoms with Crippen LogP contribution in [0.15, 0.2) is 59.8 Å². The molecule has 1 aromatic carbocycles. The molecule has 3 heterocycles. The van der Waals surface area contributed by atoms with E-state index in [4.69, 9.17) is 4.84 Å². The summed E-state index contributed by atoms with van der Waals surface area (Å²) in [5.74, 6) is -1.24. The number of H-pyrrole nitrogens is 1. The second-order valence-corrected chi connectivity index (χ2v) is 9.40. The van der Waals surface area contributed by atoms with Crippen LogP contribution in [0.25, 0.3) is 11.0 Å². The summed E-state index contributed by atoms with van der Waals surface area (Å²) in [6, 6.07) is 2.87. The van der Waals surface area contributed by atoms with Crippen LogP contribution in [-0.2, 0) is 22.6 Å². The van der Waals surface area contributed by atoms with Crippen LogP contribution in [0.1, 0.15) is 18.2 Å². The van der Waals surface area contributed by atoms with Gasteiger partial charge in [-0.1, -0.05) is 6.92 Å². The second kappa shape index (κ2) is 10.1. The van der Waals surface area contributed by atoms with Crippen molar-refractivity contribution in [1.82, 2.24) is 20.3 Å². The smallest absolute Gasteiger partial charge is 0.268 e. The quantitative estimate of drug-likeness (QED) is 0.488. The van der Waals surface area contributed by atoms with Gasteiger partial charge in [-0.2, -0.15) is 0 Å². The molecule has 0 radical (unpaired) electrons. The first-order valence-electron chi connectivity index (χ1n) is 10.3. The number of aryl methyl sites for hydroxylation is 1. The van der Waals surface area contributed by atoms with Gasteiger partial charge >= 0.3 is 176 Å². The first kappa shape index (κ1) is 23.5. The summed E-state index contributed by atoms with van der Waals surface area (Å²) in [4.78, 5) is 36.6. The molecule has 0 atom stereocenters. The number of fused-ring (bicyclic) bond motifs is 1. The normalized spacial score (nSPS) is 17.3. The van der Waals surface area contributed by atoms with Gasteiger partial charge in [-0.15, -0.1) is 0 Å². The standard InChI is InChI=1S/C23H22F2IN4O3/c1-3-19-23(32)29-20-7-15(17(24)8-21(20)28-19)11-30-5-4-13(12-33-30)16-10-26-9-14(6-18(16)25)22(31)27-2/h4,6-10H,3,5,11-12H2,1-2H3,(H,27,31)(H,29,32)/q-1. The zero-order valence-corrected chi connectivity index (χ0v) is 20.2. The van der Waals surface area contributed by atoms with Crippen LogP contribution in [0.5, 0.6) is 0 Å². The minimum atomic E-state index is -0.639. The van der Waals surface area contributed by atoms with Crippen molar-refractivity contribution in [3.05, 3.63) is 82.4 Å². The molecule has 0 unspecified atom stereocenters. The molecule has 2 aromatic rings. The Labute approximate surface area is 199 Å². The number of hydroxylamine groups is 2. The Kier molecular flexibility index (Phi) is 7.15. The number of aromatic nitrogens is 2. The summed E-state index contributed by atoms with van der Waals surface area (Å²) >= 11 is -0.639. The van der Waals surface area contributed by atoms with Gasteiger partial charge in [0.05, 0.1) is 0 Å². The number of rotatable bonds is 5. The molecule has 0 bridgehead atoms. The average Bonchev–Trinajstić information content (AvgIpc) is 3.01. The number of benzene rings is 1. The Bertz CT molecular complexity index is 1300. The van der Waals surface area contributed by atoms with Crippen molar-refractivity contribution in [2.45, 2.75) is 19.9 Å². The molecule has 2 aliphatic rings. The molecule has 7 nitrogen and oxygen atoms in total. The molecule has 174 valence electrons. The second-order valence-electron chi connectivity index (χ2n) is 7.44. The van der Waals surface area contributed by atoms with Crippen molar-refractivity contribution in [1.29, 1.82) is 0 Å². The predicted molar refractivity (Wildman–Crippen MR) is 116 cm³/mol. The predicted octanol–water partition coefficient (Wildman–Crippen LogP) is -0.232. The first-order valence-corrected chi connectivity index (χ1v) is 12.8. The fourth-order valence-corrected chi connectivity index (χ4v) is 5.55. The van der Waals surface area contributed by atoms with E-state index in [0.717, 1.165) is 0 Å². The number of aromatic amines is 1. The minimum absolute atomic E-state index is 0.125. The van der Waals surface area contributed by atoms with E-state index < -0.39 is 32.8 Å². The summed E-state index contributed by atoms with van der Waals surface area (Å²) < 4.78 is 33.0. The van der Waals surface area contributed by atoms with Gasteiger partial charge in [-0.25, -0.2) is 0 Å². The Morgan fingerprint density at radius 2 is 2.15 bits per heavy atom. The molecule has 0 saturated heterocycles. The Hall–Kier alpha value is -2.70. The van der Waals surface area contributed by atoms with Crippen LogP contribution in [0.3, 0.4) is 0 Å². The number of nitrogens with zero attached hydrogens (tertiary/aromatic N) is 2. The van der Waals surface area contributed by atoms with E-state index >= 15 is 0 Å². The van der Waals surface area contributed by atoms with Gasteiger partial charge in [0.2, 0.25) is 0 Å². The maximum absolute atomic E-state index is 14.8. The number of allylic oxidation sites excluding steroid dienone is 1. The fourth-order valence-electron chi connectivity index (χ4n) is 3.47. The number of hydrogen-bond donors (Lipinski definition) is 2. The Morgan fingerprint density at radius 3 is 2.85 bits per heavy atom. The van der Waals surface area contributed by atoms with E-state index in [9.17, 15) is 18.4 Å². The Morgan fingerprint density at radius 1 is 1.33 bits per heavy atom. The van der Waals surface area contributed by atoms with Gasteiger partial charge < -0.3 is 0 Å². The first-order chi connectivity index (χ1) is 15.9. The van der Waals surface area contributed by atoms with E-state index in [1.54, 1.807) is 15.2 Å². The molecule has 0 fully saturated rings. The van der Waals surface area contributed by atoms with Crippen LogP contribution in [0.4, 0.5) is 8.78 Å². The van der Waals surface area contributed by atoms with Gasteiger partial charge in [0.25, 0.3) is 0 Å². The third kappa shape index (κ3) is 5.12. The van der Waals surface area contributed by atoms with Gasteiger partial charge in [-0.3, -0.25) is 4.79 Å². The van der Waals surface area contributed by atoms with Crippen molar-refractivity contribution in [2.24, 2.45) is 0 Å². The van der Waals surface area contributed by atoms with E-state index in [1.807, 2.05) is 17.1 Å². The zero-order chi connectivity index (χ0) is 23.5. The van der Waals surface area contributed by atoms with Crippen LogP contribution >= 0.6 is 0 Å².